The predicted octanol–water partition coefficient (Wildman–Crippen LogP) is 1.16. The number of nitrogens with one attached hydrogen (secondary N) is 1. The maximum absolute atomic E-state index is 12.1. The van der Waals surface area contributed by atoms with E-state index < -0.39 is 7.12 Å². The van der Waals surface area contributed by atoms with Gasteiger partial charge in [-0.2, -0.15) is 0 Å². The fourth-order valence-electron chi connectivity index (χ4n) is 2.08. The fourth-order valence-corrected chi connectivity index (χ4v) is 2.08. The first kappa shape index (κ1) is 12.0. The summed E-state index contributed by atoms with van der Waals surface area (Å²) in [7, 11) is -0.931. The van der Waals surface area contributed by atoms with Crippen molar-refractivity contribution in [2.24, 2.45) is 0 Å². The largest absolute Gasteiger partial charge is 0.491 e. The lowest BCUT2D eigenvalue weighted by molar-refractivity contribution is 0.102. The summed E-state index contributed by atoms with van der Waals surface area (Å²) in [5, 5.41) is 12.4. The SMILES string of the molecule is O=C(Nc1ccccc1)c1ccc2c(c1)B(O)OC2. The molecule has 1 heterocycles. The molecule has 19 heavy (non-hydrogen) atoms. The average Bonchev–Trinajstić information content (AvgIpc) is 2.81. The maximum Gasteiger partial charge on any atom is 0.491 e. The number of amides is 1. The van der Waals surface area contributed by atoms with Gasteiger partial charge in [0.25, 0.3) is 5.91 Å². The molecule has 0 saturated carbocycles. The molecular formula is C14H12BNO3. The zero-order valence-electron chi connectivity index (χ0n) is 10.2. The van der Waals surface area contributed by atoms with Crippen LogP contribution in [-0.2, 0) is 11.3 Å². The Morgan fingerprint density at radius 1 is 1.21 bits per heavy atom. The van der Waals surface area contributed by atoms with E-state index in [4.69, 9.17) is 4.65 Å². The van der Waals surface area contributed by atoms with E-state index in [0.717, 1.165) is 11.3 Å². The molecule has 0 atom stereocenters. The van der Waals surface area contributed by atoms with Gasteiger partial charge in [-0.1, -0.05) is 24.3 Å². The summed E-state index contributed by atoms with van der Waals surface area (Å²) in [5.41, 5.74) is 2.83. The number of fused-ring (bicyclic) bond motifs is 1. The van der Waals surface area contributed by atoms with E-state index in [9.17, 15) is 9.82 Å². The van der Waals surface area contributed by atoms with E-state index in [2.05, 4.69) is 5.32 Å². The van der Waals surface area contributed by atoms with Gasteiger partial charge >= 0.3 is 7.12 Å². The van der Waals surface area contributed by atoms with Gasteiger partial charge in [-0.3, -0.25) is 4.79 Å². The molecule has 3 rings (SSSR count). The number of carbonyl (C=O) groups is 1. The van der Waals surface area contributed by atoms with E-state index in [1.54, 1.807) is 12.1 Å². The van der Waals surface area contributed by atoms with Crippen molar-refractivity contribution in [3.8, 4) is 0 Å². The summed E-state index contributed by atoms with van der Waals surface area (Å²) >= 11 is 0. The van der Waals surface area contributed by atoms with Crippen molar-refractivity contribution in [1.82, 2.24) is 0 Å². The van der Waals surface area contributed by atoms with Gasteiger partial charge in [-0.05, 0) is 35.3 Å². The summed E-state index contributed by atoms with van der Waals surface area (Å²) in [6, 6.07) is 14.5. The van der Waals surface area contributed by atoms with Crippen LogP contribution in [0.3, 0.4) is 0 Å². The third-order valence-corrected chi connectivity index (χ3v) is 3.10. The van der Waals surface area contributed by atoms with Crippen molar-refractivity contribution in [3.05, 3.63) is 59.7 Å². The highest BCUT2D eigenvalue weighted by molar-refractivity contribution is 6.61. The van der Waals surface area contributed by atoms with Gasteiger partial charge in [-0.15, -0.1) is 0 Å². The van der Waals surface area contributed by atoms with E-state index in [1.165, 1.54) is 0 Å². The summed E-state index contributed by atoms with van der Waals surface area (Å²) in [4.78, 5) is 12.1. The minimum atomic E-state index is -0.931. The predicted molar refractivity (Wildman–Crippen MR) is 73.2 cm³/mol. The zero-order chi connectivity index (χ0) is 13.2. The number of rotatable bonds is 2. The summed E-state index contributed by atoms with van der Waals surface area (Å²) in [6.07, 6.45) is 0. The molecule has 0 unspecified atom stereocenters. The Labute approximate surface area is 111 Å². The Balaban J connectivity index is 1.83. The third-order valence-electron chi connectivity index (χ3n) is 3.10. The van der Waals surface area contributed by atoms with Crippen molar-refractivity contribution in [2.75, 3.05) is 5.32 Å². The van der Waals surface area contributed by atoms with Gasteiger partial charge < -0.3 is 15.0 Å². The highest BCUT2D eigenvalue weighted by Crippen LogP contribution is 2.13. The van der Waals surface area contributed by atoms with Crippen LogP contribution in [0.15, 0.2) is 48.5 Å². The first-order valence-electron chi connectivity index (χ1n) is 6.03. The Hall–Kier alpha value is -2.11. The number of hydrogen-bond acceptors (Lipinski definition) is 3. The molecule has 4 nitrogen and oxygen atoms in total. The van der Waals surface area contributed by atoms with Gasteiger partial charge in [0.15, 0.2) is 0 Å². The Bertz CT molecular complexity index is 615. The van der Waals surface area contributed by atoms with Crippen molar-refractivity contribution in [1.29, 1.82) is 0 Å². The molecule has 0 aromatic heterocycles. The van der Waals surface area contributed by atoms with E-state index in [1.807, 2.05) is 36.4 Å². The van der Waals surface area contributed by atoms with Crippen molar-refractivity contribution >= 4 is 24.2 Å². The smallest absolute Gasteiger partial charge is 0.423 e. The van der Waals surface area contributed by atoms with Crippen LogP contribution < -0.4 is 10.8 Å². The molecule has 1 aliphatic rings. The molecule has 1 amide bonds. The van der Waals surface area contributed by atoms with Crippen LogP contribution in [0.2, 0.25) is 0 Å². The second-order valence-corrected chi connectivity index (χ2v) is 4.40. The highest BCUT2D eigenvalue weighted by Gasteiger charge is 2.27. The minimum absolute atomic E-state index is 0.201. The molecular weight excluding hydrogens is 241 g/mol. The molecule has 2 aromatic rings. The Kier molecular flexibility index (Phi) is 3.07. The summed E-state index contributed by atoms with van der Waals surface area (Å²) < 4.78 is 5.10. The van der Waals surface area contributed by atoms with Crippen molar-refractivity contribution < 1.29 is 14.5 Å². The van der Waals surface area contributed by atoms with E-state index in [0.29, 0.717) is 17.6 Å². The van der Waals surface area contributed by atoms with Gasteiger partial charge in [0.1, 0.15) is 0 Å². The second kappa shape index (κ2) is 4.88. The molecule has 0 spiro atoms. The molecule has 94 valence electrons. The van der Waals surface area contributed by atoms with Crippen LogP contribution in [0.4, 0.5) is 5.69 Å². The van der Waals surface area contributed by atoms with Crippen LogP contribution in [-0.4, -0.2) is 18.0 Å². The second-order valence-electron chi connectivity index (χ2n) is 4.40. The third kappa shape index (κ3) is 2.38. The quantitative estimate of drug-likeness (QED) is 0.789. The summed E-state index contributed by atoms with van der Waals surface area (Å²) in [5.74, 6) is -0.201. The minimum Gasteiger partial charge on any atom is -0.423 e. The van der Waals surface area contributed by atoms with Gasteiger partial charge in [-0.25, -0.2) is 0 Å². The first-order chi connectivity index (χ1) is 9.24. The van der Waals surface area contributed by atoms with Crippen LogP contribution >= 0.6 is 0 Å². The number of hydrogen-bond donors (Lipinski definition) is 2. The molecule has 5 heteroatoms. The standard InChI is InChI=1S/C14H12BNO3/c17-14(16-12-4-2-1-3-5-12)10-6-7-11-9-19-15(18)13(11)8-10/h1-8,18H,9H2,(H,16,17). The van der Waals surface area contributed by atoms with E-state index in [-0.39, 0.29) is 5.91 Å². The monoisotopic (exact) mass is 253 g/mol. The maximum atomic E-state index is 12.1. The number of carbonyl (C=O) groups excluding carboxylic acids is 1. The van der Waals surface area contributed by atoms with Crippen LogP contribution in [0.5, 0.6) is 0 Å². The lowest BCUT2D eigenvalue weighted by atomic mass is 9.79. The molecule has 2 aromatic carbocycles. The van der Waals surface area contributed by atoms with E-state index >= 15 is 0 Å². The average molecular weight is 253 g/mol. The molecule has 0 bridgehead atoms. The fraction of sp³-hybridized carbons (Fsp3) is 0.0714. The van der Waals surface area contributed by atoms with Gasteiger partial charge in [0.2, 0.25) is 0 Å². The van der Waals surface area contributed by atoms with Crippen LogP contribution in [0.25, 0.3) is 0 Å². The number of para-hydroxylation sites is 1. The van der Waals surface area contributed by atoms with Gasteiger partial charge in [0, 0.05) is 11.3 Å². The number of anilines is 1. The summed E-state index contributed by atoms with van der Waals surface area (Å²) in [6.45, 7) is 0.386. The molecule has 1 aliphatic heterocycles. The van der Waals surface area contributed by atoms with Crippen molar-refractivity contribution in [3.63, 3.8) is 0 Å². The lowest BCUT2D eigenvalue weighted by Crippen LogP contribution is -2.29. The topological polar surface area (TPSA) is 58.6 Å². The van der Waals surface area contributed by atoms with Crippen LogP contribution in [0.1, 0.15) is 15.9 Å². The molecule has 0 radical (unpaired) electrons. The molecule has 0 aliphatic carbocycles. The Morgan fingerprint density at radius 3 is 2.79 bits per heavy atom. The van der Waals surface area contributed by atoms with Gasteiger partial charge in [0.05, 0.1) is 6.61 Å². The highest BCUT2D eigenvalue weighted by atomic mass is 16.5. The molecule has 2 N–H and O–H groups in total. The van der Waals surface area contributed by atoms with Crippen molar-refractivity contribution in [2.45, 2.75) is 6.61 Å². The lowest BCUT2D eigenvalue weighted by Gasteiger charge is -2.06. The zero-order valence-corrected chi connectivity index (χ0v) is 10.2. The number of benzene rings is 2. The first-order valence-corrected chi connectivity index (χ1v) is 6.03. The van der Waals surface area contributed by atoms with Crippen LogP contribution in [0, 0.1) is 0 Å². The molecule has 0 fully saturated rings. The normalized spacial score (nSPS) is 13.2. The Morgan fingerprint density at radius 2 is 2.00 bits per heavy atom. The molecule has 0 saturated heterocycles.